The standard InChI is InChI=1S/C19H26N6O2/c1-14(12-25-7-2-6-21-25)18(26)22-16-3-8-24(9-4-16)19-20-11-15-13-27-10-5-17(15)23-19/h2,6-7,11,14,16H,3-5,8-10,12-13H2,1H3,(H,22,26). The molecule has 4 heterocycles. The zero-order valence-corrected chi connectivity index (χ0v) is 15.7. The Hall–Kier alpha value is -2.48. The smallest absolute Gasteiger partial charge is 0.225 e. The molecular weight excluding hydrogens is 344 g/mol. The van der Waals surface area contributed by atoms with Crippen molar-refractivity contribution in [3.63, 3.8) is 0 Å². The fourth-order valence-corrected chi connectivity index (χ4v) is 3.61. The van der Waals surface area contributed by atoms with Crippen LogP contribution in [0.1, 0.15) is 31.0 Å². The monoisotopic (exact) mass is 370 g/mol. The molecule has 0 saturated carbocycles. The highest BCUT2D eigenvalue weighted by atomic mass is 16.5. The third-order valence-electron chi connectivity index (χ3n) is 5.27. The molecule has 0 bridgehead atoms. The van der Waals surface area contributed by atoms with Crippen molar-refractivity contribution in [1.29, 1.82) is 0 Å². The lowest BCUT2D eigenvalue weighted by molar-refractivity contribution is -0.125. The van der Waals surface area contributed by atoms with E-state index in [1.165, 1.54) is 0 Å². The minimum atomic E-state index is -0.103. The van der Waals surface area contributed by atoms with Crippen molar-refractivity contribution in [1.82, 2.24) is 25.1 Å². The summed E-state index contributed by atoms with van der Waals surface area (Å²) in [6.45, 7) is 5.59. The predicted octanol–water partition coefficient (Wildman–Crippen LogP) is 1.17. The van der Waals surface area contributed by atoms with Crippen LogP contribution < -0.4 is 10.2 Å². The number of ether oxygens (including phenoxy) is 1. The van der Waals surface area contributed by atoms with Crippen LogP contribution in [0.5, 0.6) is 0 Å². The summed E-state index contributed by atoms with van der Waals surface area (Å²) in [6.07, 6.45) is 8.17. The molecule has 0 aromatic carbocycles. The maximum atomic E-state index is 12.4. The minimum Gasteiger partial charge on any atom is -0.376 e. The second-order valence-corrected chi connectivity index (χ2v) is 7.34. The largest absolute Gasteiger partial charge is 0.376 e. The second kappa shape index (κ2) is 8.04. The molecule has 27 heavy (non-hydrogen) atoms. The molecule has 1 fully saturated rings. The zero-order valence-electron chi connectivity index (χ0n) is 15.7. The molecule has 8 heteroatoms. The van der Waals surface area contributed by atoms with Gasteiger partial charge >= 0.3 is 0 Å². The number of fused-ring (bicyclic) bond motifs is 1. The summed E-state index contributed by atoms with van der Waals surface area (Å²) in [5, 5.41) is 7.36. The molecule has 1 saturated heterocycles. The molecule has 1 atom stereocenters. The Labute approximate surface area is 158 Å². The third kappa shape index (κ3) is 4.27. The van der Waals surface area contributed by atoms with Crippen molar-refractivity contribution in [2.45, 2.75) is 45.4 Å². The maximum absolute atomic E-state index is 12.4. The van der Waals surface area contributed by atoms with Crippen LogP contribution in [0.15, 0.2) is 24.7 Å². The topological polar surface area (TPSA) is 85.2 Å². The summed E-state index contributed by atoms with van der Waals surface area (Å²) in [5.74, 6) is 0.788. The van der Waals surface area contributed by atoms with Crippen LogP contribution in [0.3, 0.4) is 0 Å². The first-order chi connectivity index (χ1) is 13.2. The number of hydrogen-bond acceptors (Lipinski definition) is 6. The van der Waals surface area contributed by atoms with E-state index in [0.29, 0.717) is 13.2 Å². The minimum absolute atomic E-state index is 0.0916. The van der Waals surface area contributed by atoms with Crippen LogP contribution in [0.2, 0.25) is 0 Å². The Morgan fingerprint density at radius 3 is 3.04 bits per heavy atom. The Morgan fingerprint density at radius 1 is 1.41 bits per heavy atom. The van der Waals surface area contributed by atoms with Gasteiger partial charge in [-0.05, 0) is 18.9 Å². The zero-order chi connectivity index (χ0) is 18.6. The van der Waals surface area contributed by atoms with Crippen LogP contribution >= 0.6 is 0 Å². The molecule has 2 aliphatic heterocycles. The molecule has 0 radical (unpaired) electrons. The maximum Gasteiger partial charge on any atom is 0.225 e. The summed E-state index contributed by atoms with van der Waals surface area (Å²) >= 11 is 0. The van der Waals surface area contributed by atoms with Crippen molar-refractivity contribution < 1.29 is 9.53 Å². The third-order valence-corrected chi connectivity index (χ3v) is 5.27. The summed E-state index contributed by atoms with van der Waals surface area (Å²) in [6, 6.07) is 2.08. The molecule has 1 amide bonds. The Morgan fingerprint density at radius 2 is 2.26 bits per heavy atom. The number of aromatic nitrogens is 4. The molecule has 1 N–H and O–H groups in total. The van der Waals surface area contributed by atoms with Crippen molar-refractivity contribution >= 4 is 11.9 Å². The average molecular weight is 370 g/mol. The fraction of sp³-hybridized carbons (Fsp3) is 0.579. The molecule has 1 unspecified atom stereocenters. The Bertz CT molecular complexity index is 771. The number of anilines is 1. The number of nitrogens with zero attached hydrogens (tertiary/aromatic N) is 5. The number of amides is 1. The first-order valence-electron chi connectivity index (χ1n) is 9.64. The summed E-state index contributed by atoms with van der Waals surface area (Å²) in [7, 11) is 0. The van der Waals surface area contributed by atoms with E-state index in [4.69, 9.17) is 9.72 Å². The number of rotatable bonds is 5. The number of hydrogen-bond donors (Lipinski definition) is 1. The highest BCUT2D eigenvalue weighted by molar-refractivity contribution is 5.78. The number of carbonyl (C=O) groups is 1. The molecule has 2 aromatic heterocycles. The number of carbonyl (C=O) groups excluding carboxylic acids is 1. The van der Waals surface area contributed by atoms with Gasteiger partial charge in [0, 0.05) is 49.7 Å². The van der Waals surface area contributed by atoms with Crippen LogP contribution in [-0.4, -0.2) is 51.4 Å². The van der Waals surface area contributed by atoms with Gasteiger partial charge in [0.15, 0.2) is 0 Å². The lowest BCUT2D eigenvalue weighted by Crippen LogP contribution is -2.47. The summed E-state index contributed by atoms with van der Waals surface area (Å²) < 4.78 is 7.24. The first-order valence-corrected chi connectivity index (χ1v) is 9.64. The molecule has 2 aliphatic rings. The van der Waals surface area contributed by atoms with Gasteiger partial charge in [-0.25, -0.2) is 9.97 Å². The molecule has 144 valence electrons. The van der Waals surface area contributed by atoms with Crippen LogP contribution in [0.4, 0.5) is 5.95 Å². The summed E-state index contributed by atoms with van der Waals surface area (Å²) in [4.78, 5) is 23.9. The van der Waals surface area contributed by atoms with Gasteiger partial charge in [0.1, 0.15) is 0 Å². The van der Waals surface area contributed by atoms with E-state index in [0.717, 1.165) is 56.2 Å². The molecule has 0 aliphatic carbocycles. The number of nitrogens with one attached hydrogen (secondary N) is 1. The van der Waals surface area contributed by atoms with Gasteiger partial charge in [0.25, 0.3) is 0 Å². The number of piperidine rings is 1. The first kappa shape index (κ1) is 17.9. The van der Waals surface area contributed by atoms with Gasteiger partial charge in [0.05, 0.1) is 31.4 Å². The lowest BCUT2D eigenvalue weighted by atomic mass is 10.0. The molecule has 2 aromatic rings. The van der Waals surface area contributed by atoms with Crippen molar-refractivity contribution in [3.05, 3.63) is 35.9 Å². The van der Waals surface area contributed by atoms with Crippen LogP contribution in [-0.2, 0) is 29.1 Å². The molecular formula is C19H26N6O2. The van der Waals surface area contributed by atoms with Gasteiger partial charge in [0.2, 0.25) is 11.9 Å². The SMILES string of the molecule is CC(Cn1cccn1)C(=O)NC1CCN(c2ncc3c(n2)CCOC3)CC1. The van der Waals surface area contributed by atoms with Crippen LogP contribution in [0, 0.1) is 5.92 Å². The van der Waals surface area contributed by atoms with Crippen molar-refractivity contribution in [2.75, 3.05) is 24.6 Å². The van der Waals surface area contributed by atoms with Gasteiger partial charge < -0.3 is 15.0 Å². The summed E-state index contributed by atoms with van der Waals surface area (Å²) in [5.41, 5.74) is 2.20. The van der Waals surface area contributed by atoms with Crippen LogP contribution in [0.25, 0.3) is 0 Å². The molecule has 0 spiro atoms. The second-order valence-electron chi connectivity index (χ2n) is 7.34. The molecule has 4 rings (SSSR count). The highest BCUT2D eigenvalue weighted by Crippen LogP contribution is 2.20. The highest BCUT2D eigenvalue weighted by Gasteiger charge is 2.25. The average Bonchev–Trinajstić information content (AvgIpc) is 3.21. The predicted molar refractivity (Wildman–Crippen MR) is 100 cm³/mol. The van der Waals surface area contributed by atoms with Gasteiger partial charge in [-0.2, -0.15) is 5.10 Å². The van der Waals surface area contributed by atoms with E-state index in [9.17, 15) is 4.79 Å². The van der Waals surface area contributed by atoms with E-state index in [-0.39, 0.29) is 17.9 Å². The van der Waals surface area contributed by atoms with Gasteiger partial charge in [-0.1, -0.05) is 6.92 Å². The van der Waals surface area contributed by atoms with Gasteiger partial charge in [-0.15, -0.1) is 0 Å². The lowest BCUT2D eigenvalue weighted by Gasteiger charge is -2.33. The molecule has 8 nitrogen and oxygen atoms in total. The fourth-order valence-electron chi connectivity index (χ4n) is 3.61. The Balaban J connectivity index is 1.28. The quantitative estimate of drug-likeness (QED) is 0.850. The van der Waals surface area contributed by atoms with Crippen molar-refractivity contribution in [3.8, 4) is 0 Å². The van der Waals surface area contributed by atoms with E-state index >= 15 is 0 Å². The Kier molecular flexibility index (Phi) is 5.33. The normalized spacial score (nSPS) is 18.8. The van der Waals surface area contributed by atoms with E-state index in [2.05, 4.69) is 20.3 Å². The van der Waals surface area contributed by atoms with E-state index in [1.807, 2.05) is 25.4 Å². The van der Waals surface area contributed by atoms with Gasteiger partial charge in [-0.3, -0.25) is 9.48 Å². The van der Waals surface area contributed by atoms with Crippen molar-refractivity contribution in [2.24, 2.45) is 5.92 Å². The van der Waals surface area contributed by atoms with E-state index < -0.39 is 0 Å². The van der Waals surface area contributed by atoms with E-state index in [1.54, 1.807) is 10.9 Å².